The summed E-state index contributed by atoms with van der Waals surface area (Å²) in [4.78, 5) is 38.8. The number of nitrogens with two attached hydrogens (primary N) is 2. The fourth-order valence-electron chi connectivity index (χ4n) is 5.28. The van der Waals surface area contributed by atoms with Crippen molar-refractivity contribution < 1.29 is 27.9 Å². The molecule has 11 heteroatoms. The number of aryl methyl sites for hydroxylation is 2. The van der Waals surface area contributed by atoms with E-state index in [0.717, 1.165) is 54.2 Å². The van der Waals surface area contributed by atoms with Crippen LogP contribution in [0.25, 0.3) is 0 Å². The average Bonchev–Trinajstić information content (AvgIpc) is 3.33. The quantitative estimate of drug-likeness (QED) is 0.197. The monoisotopic (exact) mass is 612 g/mol. The van der Waals surface area contributed by atoms with Crippen LogP contribution in [0.15, 0.2) is 42.5 Å². The zero-order valence-electron chi connectivity index (χ0n) is 24.2. The number of hydrogen-bond acceptors (Lipinski definition) is 7. The van der Waals surface area contributed by atoms with Crippen LogP contribution in [0.2, 0.25) is 0 Å². The molecule has 1 aliphatic carbocycles. The highest BCUT2D eigenvalue weighted by atomic mass is 32.1. The average molecular weight is 613 g/mol. The number of carbonyl (C=O) groups excluding carboxylic acids is 3. The number of amides is 2. The number of rotatable bonds is 14. The Morgan fingerprint density at radius 3 is 2.44 bits per heavy atom. The molecule has 1 heterocycles. The zero-order valence-corrected chi connectivity index (χ0v) is 25.0. The first kappa shape index (κ1) is 32.2. The van der Waals surface area contributed by atoms with Crippen molar-refractivity contribution in [2.75, 3.05) is 11.9 Å². The molecular weight excluding hydrogens is 574 g/mol. The first-order chi connectivity index (χ1) is 20.6. The summed E-state index contributed by atoms with van der Waals surface area (Å²) in [6.07, 6.45) is 3.30. The second-order valence-corrected chi connectivity index (χ2v) is 11.9. The van der Waals surface area contributed by atoms with Gasteiger partial charge in [0.1, 0.15) is 22.7 Å². The minimum absolute atomic E-state index is 0.0685. The zero-order chi connectivity index (χ0) is 30.9. The molecule has 230 valence electrons. The lowest BCUT2D eigenvalue weighted by Gasteiger charge is -2.25. The second kappa shape index (κ2) is 15.2. The van der Waals surface area contributed by atoms with Gasteiger partial charge in [-0.25, -0.2) is 8.78 Å². The number of hydrogen-bond donors (Lipinski definition) is 4. The van der Waals surface area contributed by atoms with Crippen molar-refractivity contribution >= 4 is 34.1 Å². The van der Waals surface area contributed by atoms with Crippen LogP contribution in [-0.2, 0) is 46.6 Å². The van der Waals surface area contributed by atoms with Gasteiger partial charge in [0.25, 0.3) is 5.91 Å². The second-order valence-electron chi connectivity index (χ2n) is 10.8. The van der Waals surface area contributed by atoms with Crippen LogP contribution in [0.5, 0.6) is 0 Å². The van der Waals surface area contributed by atoms with Crippen LogP contribution in [0.3, 0.4) is 0 Å². The molecule has 0 saturated carbocycles. The van der Waals surface area contributed by atoms with Gasteiger partial charge >= 0.3 is 5.97 Å². The van der Waals surface area contributed by atoms with Crippen LogP contribution in [-0.4, -0.2) is 36.5 Å². The smallest absolute Gasteiger partial charge is 0.306 e. The lowest BCUT2D eigenvalue weighted by molar-refractivity contribution is -0.150. The molecule has 0 fully saturated rings. The van der Waals surface area contributed by atoms with Gasteiger partial charge in [0.15, 0.2) is 0 Å². The molecule has 0 unspecified atom stereocenters. The SMILES string of the molecule is CCc1cccc(CNC[C@@H](OC(=O)CCC(=O)Nc2sc3c(c2C(N)=O)CCCC3)[C@@H](N)Cc2cc(F)cc(F)c2)c1. The Bertz CT molecular complexity index is 1440. The molecule has 0 aliphatic heterocycles. The molecule has 6 N–H and O–H groups in total. The van der Waals surface area contributed by atoms with Gasteiger partial charge in [0, 0.05) is 36.5 Å². The Labute approximate surface area is 254 Å². The summed E-state index contributed by atoms with van der Waals surface area (Å²) in [7, 11) is 0. The molecule has 0 radical (unpaired) electrons. The van der Waals surface area contributed by atoms with E-state index in [-0.39, 0.29) is 25.8 Å². The number of thiophene rings is 1. The van der Waals surface area contributed by atoms with Crippen LogP contribution >= 0.6 is 11.3 Å². The van der Waals surface area contributed by atoms with E-state index in [4.69, 9.17) is 16.2 Å². The molecule has 0 saturated heterocycles. The van der Waals surface area contributed by atoms with E-state index in [1.807, 2.05) is 18.2 Å². The molecule has 0 spiro atoms. The van der Waals surface area contributed by atoms with Gasteiger partial charge in [-0.1, -0.05) is 31.2 Å². The normalized spacial score (nSPS) is 14.0. The van der Waals surface area contributed by atoms with Crippen LogP contribution in [0.1, 0.15) is 70.1 Å². The maximum atomic E-state index is 13.8. The Morgan fingerprint density at radius 2 is 1.72 bits per heavy atom. The van der Waals surface area contributed by atoms with Gasteiger partial charge in [-0.05, 0) is 72.9 Å². The van der Waals surface area contributed by atoms with Crippen LogP contribution in [0.4, 0.5) is 13.8 Å². The molecular formula is C32H38F2N4O4S. The highest BCUT2D eigenvalue weighted by Gasteiger charge is 2.26. The topological polar surface area (TPSA) is 137 Å². The molecule has 8 nitrogen and oxygen atoms in total. The largest absolute Gasteiger partial charge is 0.459 e. The van der Waals surface area contributed by atoms with E-state index in [9.17, 15) is 23.2 Å². The van der Waals surface area contributed by atoms with Crippen LogP contribution in [0, 0.1) is 11.6 Å². The van der Waals surface area contributed by atoms with E-state index in [0.29, 0.717) is 22.7 Å². The summed E-state index contributed by atoms with van der Waals surface area (Å²) in [5.41, 5.74) is 15.8. The molecule has 43 heavy (non-hydrogen) atoms. The van der Waals surface area contributed by atoms with Gasteiger partial charge in [-0.15, -0.1) is 11.3 Å². The van der Waals surface area contributed by atoms with Gasteiger partial charge < -0.3 is 26.8 Å². The Balaban J connectivity index is 1.37. The maximum absolute atomic E-state index is 13.8. The van der Waals surface area contributed by atoms with E-state index in [1.165, 1.54) is 29.0 Å². The molecule has 2 amide bonds. The molecule has 2 aromatic carbocycles. The summed E-state index contributed by atoms with van der Waals surface area (Å²) < 4.78 is 33.2. The van der Waals surface area contributed by atoms with Crippen LogP contribution < -0.4 is 22.1 Å². The lowest BCUT2D eigenvalue weighted by Crippen LogP contribution is -2.46. The minimum Gasteiger partial charge on any atom is -0.459 e. The van der Waals surface area contributed by atoms with Crippen molar-refractivity contribution in [3.63, 3.8) is 0 Å². The predicted molar refractivity (Wildman–Crippen MR) is 163 cm³/mol. The Kier molecular flexibility index (Phi) is 11.4. The molecule has 1 aromatic heterocycles. The van der Waals surface area contributed by atoms with E-state index < -0.39 is 41.6 Å². The van der Waals surface area contributed by atoms with Crippen molar-refractivity contribution in [3.05, 3.63) is 86.8 Å². The summed E-state index contributed by atoms with van der Waals surface area (Å²) in [5, 5.41) is 6.42. The Morgan fingerprint density at radius 1 is 1.00 bits per heavy atom. The highest BCUT2D eigenvalue weighted by Crippen LogP contribution is 2.38. The van der Waals surface area contributed by atoms with Gasteiger partial charge in [0.2, 0.25) is 5.91 Å². The number of anilines is 1. The van der Waals surface area contributed by atoms with E-state index in [2.05, 4.69) is 23.6 Å². The summed E-state index contributed by atoms with van der Waals surface area (Å²) in [6, 6.07) is 10.5. The number of ether oxygens (including phenoxy) is 1. The van der Waals surface area contributed by atoms with E-state index in [1.54, 1.807) is 0 Å². The molecule has 3 aromatic rings. The van der Waals surface area contributed by atoms with Crippen molar-refractivity contribution in [1.29, 1.82) is 0 Å². The van der Waals surface area contributed by atoms with Gasteiger partial charge in [0.05, 0.1) is 12.0 Å². The number of carbonyl (C=O) groups is 3. The first-order valence-electron chi connectivity index (χ1n) is 14.6. The molecule has 1 aliphatic rings. The number of fused-ring (bicyclic) bond motifs is 1. The van der Waals surface area contributed by atoms with Gasteiger partial charge in [-0.3, -0.25) is 14.4 Å². The number of benzene rings is 2. The lowest BCUT2D eigenvalue weighted by atomic mass is 9.95. The third kappa shape index (κ3) is 9.16. The maximum Gasteiger partial charge on any atom is 0.306 e. The number of nitrogens with one attached hydrogen (secondary N) is 2. The summed E-state index contributed by atoms with van der Waals surface area (Å²) in [5.74, 6) is -3.11. The van der Waals surface area contributed by atoms with Gasteiger partial charge in [-0.2, -0.15) is 0 Å². The fraction of sp³-hybridized carbons (Fsp3) is 0.406. The number of halogens is 2. The fourth-order valence-corrected chi connectivity index (χ4v) is 6.59. The third-order valence-corrected chi connectivity index (χ3v) is 8.66. The summed E-state index contributed by atoms with van der Waals surface area (Å²) >= 11 is 1.35. The molecule has 0 bridgehead atoms. The number of primary amides is 1. The van der Waals surface area contributed by atoms with E-state index >= 15 is 0 Å². The van der Waals surface area contributed by atoms with Crippen molar-refractivity contribution in [2.45, 2.75) is 77.0 Å². The third-order valence-electron chi connectivity index (χ3n) is 7.46. The minimum atomic E-state index is -0.832. The van der Waals surface area contributed by atoms with Crippen molar-refractivity contribution in [2.24, 2.45) is 11.5 Å². The first-order valence-corrected chi connectivity index (χ1v) is 15.4. The predicted octanol–water partition coefficient (Wildman–Crippen LogP) is 4.56. The number of esters is 1. The molecule has 2 atom stereocenters. The highest BCUT2D eigenvalue weighted by molar-refractivity contribution is 7.17. The molecule has 4 rings (SSSR count). The van der Waals surface area contributed by atoms with Crippen molar-refractivity contribution in [1.82, 2.24) is 5.32 Å². The standard InChI is InChI=1S/C32H38F2N4O4S/c1-2-19-6-5-7-20(12-19)17-37-18-26(25(35)15-21-13-22(33)16-23(34)14-21)42-29(40)11-10-28(39)38-32-30(31(36)41)24-8-3-4-9-27(24)43-32/h5-7,12-14,16,25-26,37H,2-4,8-11,15,17-18,35H2,1H3,(H2,36,41)(H,38,39)/t25-,26+/m0/s1. The summed E-state index contributed by atoms with van der Waals surface area (Å²) in [6.45, 7) is 2.76. The Hall–Kier alpha value is -3.67. The van der Waals surface area contributed by atoms with Crippen molar-refractivity contribution in [3.8, 4) is 0 Å².